The van der Waals surface area contributed by atoms with Crippen LogP contribution in [-0.4, -0.2) is 45.4 Å². The van der Waals surface area contributed by atoms with Crippen LogP contribution >= 0.6 is 23.2 Å². The SMILES string of the molecule is CCCCN(Cc1cccn1C)C(=O)CN(C(=O)Nc1ccc(Cl)c(Cl)c1)C(C)C. The van der Waals surface area contributed by atoms with Crippen molar-refractivity contribution >= 4 is 40.8 Å². The first-order valence-corrected chi connectivity index (χ1v) is 10.9. The van der Waals surface area contributed by atoms with Gasteiger partial charge in [-0.25, -0.2) is 4.79 Å². The topological polar surface area (TPSA) is 57.6 Å². The molecule has 6 nitrogen and oxygen atoms in total. The monoisotopic (exact) mass is 452 g/mol. The van der Waals surface area contributed by atoms with Crippen LogP contribution < -0.4 is 5.32 Å². The first-order chi connectivity index (χ1) is 14.2. The number of hydrogen-bond acceptors (Lipinski definition) is 2. The van der Waals surface area contributed by atoms with Crippen molar-refractivity contribution in [2.75, 3.05) is 18.4 Å². The summed E-state index contributed by atoms with van der Waals surface area (Å²) in [5.41, 5.74) is 1.58. The van der Waals surface area contributed by atoms with Crippen LogP contribution in [0.1, 0.15) is 39.3 Å². The first kappa shape index (κ1) is 24.1. The third-order valence-electron chi connectivity index (χ3n) is 4.90. The molecule has 0 atom stereocenters. The van der Waals surface area contributed by atoms with Crippen molar-refractivity contribution in [3.05, 3.63) is 52.3 Å². The normalized spacial score (nSPS) is 10.9. The van der Waals surface area contributed by atoms with Crippen molar-refractivity contribution in [3.63, 3.8) is 0 Å². The summed E-state index contributed by atoms with van der Waals surface area (Å²) in [6.07, 6.45) is 3.86. The van der Waals surface area contributed by atoms with Gasteiger partial charge in [0.1, 0.15) is 6.54 Å². The molecule has 164 valence electrons. The quantitative estimate of drug-likeness (QED) is 0.553. The highest BCUT2D eigenvalue weighted by atomic mass is 35.5. The number of urea groups is 1. The number of benzene rings is 1. The summed E-state index contributed by atoms with van der Waals surface area (Å²) in [7, 11) is 1.96. The Kier molecular flexibility index (Phi) is 9.06. The standard InChI is InChI=1S/C22H30Cl2N4O2/c1-5-6-12-27(14-18-8-7-11-26(18)4)21(29)15-28(16(2)3)22(30)25-17-9-10-19(23)20(24)13-17/h7-11,13,16H,5-6,12,14-15H2,1-4H3,(H,25,30). The van der Waals surface area contributed by atoms with Crippen LogP contribution in [0.25, 0.3) is 0 Å². The summed E-state index contributed by atoms with van der Waals surface area (Å²) in [6.45, 7) is 7.03. The molecule has 0 radical (unpaired) electrons. The van der Waals surface area contributed by atoms with E-state index in [4.69, 9.17) is 23.2 Å². The van der Waals surface area contributed by atoms with Gasteiger partial charge in [0.05, 0.1) is 16.6 Å². The van der Waals surface area contributed by atoms with Crippen LogP contribution in [0.4, 0.5) is 10.5 Å². The lowest BCUT2D eigenvalue weighted by Gasteiger charge is -2.30. The Hall–Kier alpha value is -2.18. The lowest BCUT2D eigenvalue weighted by Crippen LogP contribution is -2.47. The fourth-order valence-corrected chi connectivity index (χ4v) is 3.30. The molecule has 1 aromatic carbocycles. The van der Waals surface area contributed by atoms with Crippen LogP contribution in [0.2, 0.25) is 10.0 Å². The Bertz CT molecular complexity index is 867. The highest BCUT2D eigenvalue weighted by Crippen LogP contribution is 2.25. The highest BCUT2D eigenvalue weighted by molar-refractivity contribution is 6.42. The molecule has 2 aromatic rings. The molecule has 0 aliphatic rings. The second-order valence-electron chi connectivity index (χ2n) is 7.56. The van der Waals surface area contributed by atoms with E-state index >= 15 is 0 Å². The van der Waals surface area contributed by atoms with E-state index in [1.54, 1.807) is 18.2 Å². The Balaban J connectivity index is 2.11. The van der Waals surface area contributed by atoms with E-state index in [2.05, 4.69) is 12.2 Å². The molecular formula is C22H30Cl2N4O2. The number of rotatable bonds is 9. The second kappa shape index (κ2) is 11.3. The smallest absolute Gasteiger partial charge is 0.322 e. The minimum absolute atomic E-state index is 0.00103. The van der Waals surface area contributed by atoms with Crippen LogP contribution in [-0.2, 0) is 18.4 Å². The number of carbonyl (C=O) groups is 2. The number of amides is 3. The zero-order chi connectivity index (χ0) is 22.3. The number of hydrogen-bond donors (Lipinski definition) is 1. The number of nitrogens with zero attached hydrogens (tertiary/aromatic N) is 3. The second-order valence-corrected chi connectivity index (χ2v) is 8.37. The van der Waals surface area contributed by atoms with Gasteiger partial charge in [-0.1, -0.05) is 36.5 Å². The van der Waals surface area contributed by atoms with Crippen LogP contribution in [0.15, 0.2) is 36.5 Å². The van der Waals surface area contributed by atoms with Gasteiger partial charge in [0, 0.05) is 37.2 Å². The summed E-state index contributed by atoms with van der Waals surface area (Å²) >= 11 is 12.0. The largest absolute Gasteiger partial charge is 0.353 e. The Morgan fingerprint density at radius 1 is 1.17 bits per heavy atom. The van der Waals surface area contributed by atoms with Gasteiger partial charge >= 0.3 is 6.03 Å². The molecule has 3 amide bonds. The zero-order valence-corrected chi connectivity index (χ0v) is 19.5. The van der Waals surface area contributed by atoms with Crippen molar-refractivity contribution in [1.82, 2.24) is 14.4 Å². The average Bonchev–Trinajstić information content (AvgIpc) is 3.10. The van der Waals surface area contributed by atoms with Crippen molar-refractivity contribution in [2.45, 2.75) is 46.2 Å². The predicted octanol–water partition coefficient (Wildman–Crippen LogP) is 5.40. The molecule has 1 heterocycles. The highest BCUT2D eigenvalue weighted by Gasteiger charge is 2.24. The Morgan fingerprint density at radius 2 is 1.90 bits per heavy atom. The van der Waals surface area contributed by atoms with E-state index in [0.717, 1.165) is 18.5 Å². The molecule has 0 spiro atoms. The molecule has 1 aromatic heterocycles. The molecule has 0 fully saturated rings. The maximum atomic E-state index is 13.1. The van der Waals surface area contributed by atoms with Gasteiger partial charge in [0.2, 0.25) is 5.91 Å². The summed E-state index contributed by atoms with van der Waals surface area (Å²) in [6, 6.07) is 8.34. The lowest BCUT2D eigenvalue weighted by molar-refractivity contribution is -0.132. The first-order valence-electron chi connectivity index (χ1n) is 10.1. The number of unbranched alkanes of at least 4 members (excludes halogenated alkanes) is 1. The molecule has 1 N–H and O–H groups in total. The van der Waals surface area contributed by atoms with Gasteiger partial charge in [0.15, 0.2) is 0 Å². The van der Waals surface area contributed by atoms with Gasteiger partial charge in [-0.2, -0.15) is 0 Å². The summed E-state index contributed by atoms with van der Waals surface area (Å²) in [5, 5.41) is 3.57. The van der Waals surface area contributed by atoms with Crippen molar-refractivity contribution in [1.29, 1.82) is 0 Å². The predicted molar refractivity (Wildman–Crippen MR) is 123 cm³/mol. The van der Waals surface area contributed by atoms with E-state index < -0.39 is 0 Å². The molecule has 0 aliphatic heterocycles. The molecule has 0 saturated carbocycles. The van der Waals surface area contributed by atoms with Gasteiger partial charge in [-0.05, 0) is 50.6 Å². The molecule has 8 heteroatoms. The van der Waals surface area contributed by atoms with Gasteiger partial charge in [-0.15, -0.1) is 0 Å². The van der Waals surface area contributed by atoms with Gasteiger partial charge in [-0.3, -0.25) is 4.79 Å². The van der Waals surface area contributed by atoms with Gasteiger partial charge in [0.25, 0.3) is 0 Å². The minimum Gasteiger partial charge on any atom is -0.353 e. The Labute approximate surface area is 188 Å². The number of aromatic nitrogens is 1. The van der Waals surface area contributed by atoms with Crippen molar-refractivity contribution in [2.24, 2.45) is 7.05 Å². The number of aryl methyl sites for hydroxylation is 1. The number of anilines is 1. The Morgan fingerprint density at radius 3 is 2.47 bits per heavy atom. The maximum absolute atomic E-state index is 13.1. The molecule has 30 heavy (non-hydrogen) atoms. The summed E-state index contributed by atoms with van der Waals surface area (Å²) in [4.78, 5) is 29.3. The molecule has 0 saturated heterocycles. The van der Waals surface area contributed by atoms with E-state index in [-0.39, 0.29) is 24.5 Å². The molecule has 0 bridgehead atoms. The van der Waals surface area contributed by atoms with E-state index in [9.17, 15) is 9.59 Å². The minimum atomic E-state index is -0.356. The third-order valence-corrected chi connectivity index (χ3v) is 5.64. The molecule has 2 rings (SSSR count). The van der Waals surface area contributed by atoms with E-state index in [0.29, 0.717) is 28.8 Å². The van der Waals surface area contributed by atoms with Crippen molar-refractivity contribution < 1.29 is 9.59 Å². The summed E-state index contributed by atoms with van der Waals surface area (Å²) < 4.78 is 2.00. The fourth-order valence-electron chi connectivity index (χ4n) is 3.00. The summed E-state index contributed by atoms with van der Waals surface area (Å²) in [5.74, 6) is -0.0809. The molecule has 0 unspecified atom stereocenters. The average molecular weight is 453 g/mol. The van der Waals surface area contributed by atoms with Gasteiger partial charge < -0.3 is 19.7 Å². The number of halogens is 2. The lowest BCUT2D eigenvalue weighted by atomic mass is 10.2. The van der Waals surface area contributed by atoms with Crippen LogP contribution in [0.3, 0.4) is 0 Å². The third kappa shape index (κ3) is 6.67. The van der Waals surface area contributed by atoms with Crippen LogP contribution in [0, 0.1) is 0 Å². The zero-order valence-electron chi connectivity index (χ0n) is 18.0. The van der Waals surface area contributed by atoms with E-state index in [1.807, 2.05) is 48.7 Å². The molecule has 0 aliphatic carbocycles. The van der Waals surface area contributed by atoms with Crippen LogP contribution in [0.5, 0.6) is 0 Å². The maximum Gasteiger partial charge on any atom is 0.322 e. The number of nitrogens with one attached hydrogen (secondary N) is 1. The fraction of sp³-hybridized carbons (Fsp3) is 0.455. The van der Waals surface area contributed by atoms with E-state index in [1.165, 1.54) is 4.90 Å². The number of carbonyl (C=O) groups excluding carboxylic acids is 2. The van der Waals surface area contributed by atoms with Crippen molar-refractivity contribution in [3.8, 4) is 0 Å². The molecular weight excluding hydrogens is 423 g/mol.